The van der Waals surface area contributed by atoms with E-state index in [1.807, 2.05) is 32.9 Å². The molecule has 0 saturated carbocycles. The number of Topliss-reactive ketones (excluding diaryl/α,β-unsaturated/α-hetero) is 1. The summed E-state index contributed by atoms with van der Waals surface area (Å²) in [7, 11) is 0. The van der Waals surface area contributed by atoms with Gasteiger partial charge in [-0.2, -0.15) is 0 Å². The minimum atomic E-state index is -0.325. The van der Waals surface area contributed by atoms with Crippen LogP contribution < -0.4 is 0 Å². The number of hydrogen-bond acceptors (Lipinski definition) is 3. The molecule has 1 aliphatic rings. The van der Waals surface area contributed by atoms with Crippen molar-refractivity contribution in [3.63, 3.8) is 0 Å². The SMILES string of the molecule is CC(C=CC1=C(C)C(=O)CCC1(C)CO)=CCCC(C)O. The van der Waals surface area contributed by atoms with Crippen LogP contribution in [0.5, 0.6) is 0 Å². The van der Waals surface area contributed by atoms with Crippen molar-refractivity contribution in [1.29, 1.82) is 0 Å². The van der Waals surface area contributed by atoms with Crippen LogP contribution >= 0.6 is 0 Å². The van der Waals surface area contributed by atoms with E-state index >= 15 is 0 Å². The van der Waals surface area contributed by atoms with Crippen LogP contribution in [0.15, 0.2) is 34.9 Å². The van der Waals surface area contributed by atoms with Crippen LogP contribution in [0.4, 0.5) is 0 Å². The van der Waals surface area contributed by atoms with Gasteiger partial charge in [0.05, 0.1) is 12.7 Å². The monoisotopic (exact) mass is 292 g/mol. The quantitative estimate of drug-likeness (QED) is 0.738. The van der Waals surface area contributed by atoms with Crippen LogP contribution in [0, 0.1) is 5.41 Å². The van der Waals surface area contributed by atoms with Gasteiger partial charge in [0.1, 0.15) is 0 Å². The molecule has 0 spiro atoms. The van der Waals surface area contributed by atoms with Crippen LogP contribution in [0.1, 0.15) is 53.4 Å². The maximum atomic E-state index is 11.9. The first-order valence-electron chi connectivity index (χ1n) is 7.68. The third-order valence-corrected chi connectivity index (χ3v) is 4.29. The molecule has 2 atom stereocenters. The molecular weight excluding hydrogens is 264 g/mol. The summed E-state index contributed by atoms with van der Waals surface area (Å²) in [5.41, 5.74) is 2.50. The Labute approximate surface area is 128 Å². The number of aliphatic hydroxyl groups is 2. The number of aliphatic hydroxyl groups excluding tert-OH is 2. The lowest BCUT2D eigenvalue weighted by Gasteiger charge is -2.34. The number of allylic oxidation sites excluding steroid dienone is 5. The molecule has 0 saturated heterocycles. The van der Waals surface area contributed by atoms with Gasteiger partial charge in [0.2, 0.25) is 0 Å². The molecule has 0 aliphatic heterocycles. The third kappa shape index (κ3) is 4.94. The largest absolute Gasteiger partial charge is 0.395 e. The highest BCUT2D eigenvalue weighted by molar-refractivity contribution is 5.97. The van der Waals surface area contributed by atoms with Crippen LogP contribution in [-0.4, -0.2) is 28.7 Å². The van der Waals surface area contributed by atoms with E-state index in [-0.39, 0.29) is 23.9 Å². The third-order valence-electron chi connectivity index (χ3n) is 4.29. The number of ketones is 1. The Hall–Kier alpha value is -1.19. The van der Waals surface area contributed by atoms with Gasteiger partial charge in [-0.15, -0.1) is 0 Å². The number of hydrogen-bond donors (Lipinski definition) is 2. The van der Waals surface area contributed by atoms with Gasteiger partial charge < -0.3 is 10.2 Å². The van der Waals surface area contributed by atoms with Gasteiger partial charge in [0, 0.05) is 11.8 Å². The molecule has 0 aromatic rings. The first-order valence-corrected chi connectivity index (χ1v) is 7.68. The molecule has 2 unspecified atom stereocenters. The summed E-state index contributed by atoms with van der Waals surface area (Å²) in [4.78, 5) is 11.9. The number of rotatable bonds is 6. The second-order valence-electron chi connectivity index (χ2n) is 6.39. The van der Waals surface area contributed by atoms with Gasteiger partial charge in [0.25, 0.3) is 0 Å². The average Bonchev–Trinajstić information content (AvgIpc) is 2.43. The van der Waals surface area contributed by atoms with Crippen molar-refractivity contribution in [3.8, 4) is 0 Å². The van der Waals surface area contributed by atoms with E-state index in [0.29, 0.717) is 12.8 Å². The van der Waals surface area contributed by atoms with Crippen molar-refractivity contribution in [2.45, 2.75) is 59.5 Å². The Bertz CT molecular complexity index is 469. The Balaban J connectivity index is 2.89. The molecule has 3 heteroatoms. The molecule has 118 valence electrons. The molecule has 0 fully saturated rings. The lowest BCUT2D eigenvalue weighted by molar-refractivity contribution is -0.116. The summed E-state index contributed by atoms with van der Waals surface area (Å²) in [6.45, 7) is 7.71. The first kappa shape index (κ1) is 17.9. The van der Waals surface area contributed by atoms with E-state index in [1.165, 1.54) is 0 Å². The highest BCUT2D eigenvalue weighted by Crippen LogP contribution is 2.39. The van der Waals surface area contributed by atoms with Crippen molar-refractivity contribution in [2.24, 2.45) is 5.41 Å². The van der Waals surface area contributed by atoms with Gasteiger partial charge in [-0.1, -0.05) is 30.7 Å². The Morgan fingerprint density at radius 1 is 1.48 bits per heavy atom. The summed E-state index contributed by atoms with van der Waals surface area (Å²) in [5.74, 6) is 0.177. The van der Waals surface area contributed by atoms with Crippen molar-refractivity contribution in [3.05, 3.63) is 34.9 Å². The Kier molecular flexibility index (Phi) is 6.56. The van der Waals surface area contributed by atoms with E-state index in [1.54, 1.807) is 6.92 Å². The molecular formula is C18H28O3. The summed E-state index contributed by atoms with van der Waals surface area (Å²) >= 11 is 0. The second kappa shape index (κ2) is 7.71. The highest BCUT2D eigenvalue weighted by atomic mass is 16.3. The number of carbonyl (C=O) groups excluding carboxylic acids is 1. The van der Waals surface area contributed by atoms with Crippen LogP contribution in [0.3, 0.4) is 0 Å². The molecule has 21 heavy (non-hydrogen) atoms. The van der Waals surface area contributed by atoms with Crippen molar-refractivity contribution in [1.82, 2.24) is 0 Å². The summed E-state index contributed by atoms with van der Waals surface area (Å²) < 4.78 is 0. The van der Waals surface area contributed by atoms with Crippen molar-refractivity contribution >= 4 is 5.78 Å². The summed E-state index contributed by atoms with van der Waals surface area (Å²) in [6, 6.07) is 0. The molecule has 1 rings (SSSR count). The molecule has 0 bridgehead atoms. The predicted molar refractivity (Wildman–Crippen MR) is 85.9 cm³/mol. The van der Waals surface area contributed by atoms with Gasteiger partial charge in [-0.25, -0.2) is 0 Å². The number of carbonyl (C=O) groups is 1. The zero-order chi connectivity index (χ0) is 16.0. The zero-order valence-corrected chi connectivity index (χ0v) is 13.6. The molecule has 0 amide bonds. The fourth-order valence-corrected chi connectivity index (χ4v) is 2.64. The smallest absolute Gasteiger partial charge is 0.158 e. The molecule has 0 heterocycles. The maximum absolute atomic E-state index is 11.9. The fourth-order valence-electron chi connectivity index (χ4n) is 2.64. The van der Waals surface area contributed by atoms with E-state index < -0.39 is 0 Å². The van der Waals surface area contributed by atoms with E-state index in [9.17, 15) is 15.0 Å². The molecule has 3 nitrogen and oxygen atoms in total. The van der Waals surface area contributed by atoms with Crippen LogP contribution in [0.25, 0.3) is 0 Å². The topological polar surface area (TPSA) is 57.5 Å². The molecule has 0 aromatic heterocycles. The van der Waals surface area contributed by atoms with E-state index in [0.717, 1.165) is 29.6 Å². The summed E-state index contributed by atoms with van der Waals surface area (Å²) in [6.07, 6.45) is 8.57. The minimum Gasteiger partial charge on any atom is -0.395 e. The van der Waals surface area contributed by atoms with Crippen LogP contribution in [0.2, 0.25) is 0 Å². The normalized spacial score (nSPS) is 25.8. The first-order chi connectivity index (χ1) is 9.80. The van der Waals surface area contributed by atoms with Gasteiger partial charge >= 0.3 is 0 Å². The molecule has 0 radical (unpaired) electrons. The Morgan fingerprint density at radius 2 is 2.14 bits per heavy atom. The van der Waals surface area contributed by atoms with E-state index in [4.69, 9.17) is 0 Å². The zero-order valence-electron chi connectivity index (χ0n) is 13.6. The standard InChI is InChI=1S/C18H28O3/c1-13(6-5-7-14(2)20)8-9-16-15(3)17(21)10-11-18(16,4)12-19/h6,8-9,14,19-20H,5,7,10-12H2,1-4H3. The minimum absolute atomic E-state index is 0.0576. The maximum Gasteiger partial charge on any atom is 0.158 e. The second-order valence-corrected chi connectivity index (χ2v) is 6.39. The molecule has 0 aromatic carbocycles. The van der Waals surface area contributed by atoms with Gasteiger partial charge in [-0.05, 0) is 51.2 Å². The summed E-state index contributed by atoms with van der Waals surface area (Å²) in [5, 5.41) is 18.9. The van der Waals surface area contributed by atoms with Gasteiger partial charge in [-0.3, -0.25) is 4.79 Å². The lowest BCUT2D eigenvalue weighted by atomic mass is 9.71. The average molecular weight is 292 g/mol. The molecule has 2 N–H and O–H groups in total. The highest BCUT2D eigenvalue weighted by Gasteiger charge is 2.34. The lowest BCUT2D eigenvalue weighted by Crippen LogP contribution is -2.30. The van der Waals surface area contributed by atoms with E-state index in [2.05, 4.69) is 6.08 Å². The fraction of sp³-hybridized carbons (Fsp3) is 0.611. The predicted octanol–water partition coefficient (Wildman–Crippen LogP) is 3.33. The van der Waals surface area contributed by atoms with Gasteiger partial charge in [0.15, 0.2) is 5.78 Å². The van der Waals surface area contributed by atoms with Crippen LogP contribution in [-0.2, 0) is 4.79 Å². The van der Waals surface area contributed by atoms with Crippen molar-refractivity contribution in [2.75, 3.05) is 6.61 Å². The molecule has 1 aliphatic carbocycles. The Morgan fingerprint density at radius 3 is 2.71 bits per heavy atom. The van der Waals surface area contributed by atoms with Crippen molar-refractivity contribution < 1.29 is 15.0 Å².